The molecule has 0 aliphatic heterocycles. The molecule has 1 unspecified atom stereocenters. The van der Waals surface area contributed by atoms with Crippen LogP contribution in [0.3, 0.4) is 0 Å². The van der Waals surface area contributed by atoms with E-state index in [4.69, 9.17) is 5.11 Å². The topological polar surface area (TPSA) is 61.4 Å². The van der Waals surface area contributed by atoms with Gasteiger partial charge in [-0.3, -0.25) is 0 Å². The molecule has 2 amide bonds. The molecule has 3 N–H and O–H groups in total. The van der Waals surface area contributed by atoms with Gasteiger partial charge >= 0.3 is 6.03 Å². The summed E-state index contributed by atoms with van der Waals surface area (Å²) in [5.41, 5.74) is 0.770. The summed E-state index contributed by atoms with van der Waals surface area (Å²) in [7, 11) is 0. The molecule has 0 radical (unpaired) electrons. The number of amides is 2. The largest absolute Gasteiger partial charge is 0.393 e. The van der Waals surface area contributed by atoms with Gasteiger partial charge in [0.25, 0.3) is 0 Å². The standard InChI is InChI=1S/C12H18N2O2S/c1-9(15)6-7-13-12(16)14-10-4-3-5-11(8-10)17-2/h3-5,8-9,15H,6-7H2,1-2H3,(H2,13,14,16). The molecule has 0 bridgehead atoms. The first-order chi connectivity index (χ1) is 8.11. The van der Waals surface area contributed by atoms with Crippen LogP contribution in [0.15, 0.2) is 29.2 Å². The number of hydrogen-bond donors (Lipinski definition) is 3. The fourth-order valence-corrected chi connectivity index (χ4v) is 1.73. The maximum Gasteiger partial charge on any atom is 0.319 e. The van der Waals surface area contributed by atoms with Crippen LogP contribution in [0.4, 0.5) is 10.5 Å². The third kappa shape index (κ3) is 5.60. The fourth-order valence-electron chi connectivity index (χ4n) is 1.27. The molecule has 0 fully saturated rings. The van der Waals surface area contributed by atoms with Crippen molar-refractivity contribution in [3.8, 4) is 0 Å². The van der Waals surface area contributed by atoms with Gasteiger partial charge in [-0.15, -0.1) is 11.8 Å². The summed E-state index contributed by atoms with van der Waals surface area (Å²) in [5, 5.41) is 14.5. The Balaban J connectivity index is 2.39. The number of hydrogen-bond acceptors (Lipinski definition) is 3. The molecule has 0 heterocycles. The van der Waals surface area contributed by atoms with Crippen LogP contribution in [0.1, 0.15) is 13.3 Å². The zero-order chi connectivity index (χ0) is 12.7. The lowest BCUT2D eigenvalue weighted by Gasteiger charge is -2.09. The number of aliphatic hydroxyl groups excluding tert-OH is 1. The Morgan fingerprint density at radius 1 is 1.53 bits per heavy atom. The minimum absolute atomic E-state index is 0.246. The average Bonchev–Trinajstić information content (AvgIpc) is 2.28. The molecule has 1 aromatic carbocycles. The summed E-state index contributed by atoms with van der Waals surface area (Å²) >= 11 is 1.63. The van der Waals surface area contributed by atoms with E-state index in [1.54, 1.807) is 18.7 Å². The van der Waals surface area contributed by atoms with E-state index in [-0.39, 0.29) is 6.03 Å². The highest BCUT2D eigenvalue weighted by atomic mass is 32.2. The minimum Gasteiger partial charge on any atom is -0.393 e. The third-order valence-corrected chi connectivity index (χ3v) is 2.90. The van der Waals surface area contributed by atoms with Crippen molar-refractivity contribution >= 4 is 23.5 Å². The number of benzene rings is 1. The molecule has 1 rings (SSSR count). The van der Waals surface area contributed by atoms with Gasteiger partial charge in [0.2, 0.25) is 0 Å². The van der Waals surface area contributed by atoms with E-state index in [2.05, 4.69) is 10.6 Å². The number of thioether (sulfide) groups is 1. The lowest BCUT2D eigenvalue weighted by Crippen LogP contribution is -2.30. The molecular weight excluding hydrogens is 236 g/mol. The zero-order valence-corrected chi connectivity index (χ0v) is 10.9. The van der Waals surface area contributed by atoms with Crippen LogP contribution in [-0.4, -0.2) is 30.0 Å². The van der Waals surface area contributed by atoms with Crippen LogP contribution in [0.25, 0.3) is 0 Å². The smallest absolute Gasteiger partial charge is 0.319 e. The van der Waals surface area contributed by atoms with Crippen molar-refractivity contribution in [3.05, 3.63) is 24.3 Å². The van der Waals surface area contributed by atoms with Crippen LogP contribution in [0.2, 0.25) is 0 Å². The highest BCUT2D eigenvalue weighted by molar-refractivity contribution is 7.98. The molecule has 17 heavy (non-hydrogen) atoms. The number of aliphatic hydroxyl groups is 1. The fraction of sp³-hybridized carbons (Fsp3) is 0.417. The molecule has 0 spiro atoms. The van der Waals surface area contributed by atoms with Gasteiger partial charge in [-0.05, 0) is 37.8 Å². The molecule has 1 atom stereocenters. The minimum atomic E-state index is -0.393. The van der Waals surface area contributed by atoms with Crippen molar-refractivity contribution in [2.75, 3.05) is 18.1 Å². The van der Waals surface area contributed by atoms with Gasteiger partial charge in [0, 0.05) is 17.1 Å². The van der Waals surface area contributed by atoms with Gasteiger partial charge in [-0.1, -0.05) is 6.07 Å². The number of carbonyl (C=O) groups is 1. The summed E-state index contributed by atoms with van der Waals surface area (Å²) in [6.07, 6.45) is 2.15. The second-order valence-corrected chi connectivity index (χ2v) is 4.63. The molecule has 0 aliphatic carbocycles. The third-order valence-electron chi connectivity index (χ3n) is 2.18. The molecular formula is C12H18N2O2S. The Kier molecular flexibility index (Phi) is 5.86. The monoisotopic (exact) mass is 254 g/mol. The first-order valence-corrected chi connectivity index (χ1v) is 6.71. The normalized spacial score (nSPS) is 11.9. The van der Waals surface area contributed by atoms with E-state index in [9.17, 15) is 4.79 Å². The summed E-state index contributed by atoms with van der Waals surface area (Å²) in [6, 6.07) is 7.40. The van der Waals surface area contributed by atoms with E-state index >= 15 is 0 Å². The molecule has 0 saturated heterocycles. The maximum absolute atomic E-state index is 11.5. The first kappa shape index (κ1) is 13.9. The van der Waals surface area contributed by atoms with Crippen molar-refractivity contribution in [2.45, 2.75) is 24.3 Å². The predicted molar refractivity (Wildman–Crippen MR) is 71.5 cm³/mol. The maximum atomic E-state index is 11.5. The van der Waals surface area contributed by atoms with Crippen LogP contribution in [-0.2, 0) is 0 Å². The Morgan fingerprint density at radius 3 is 2.94 bits per heavy atom. The van der Waals surface area contributed by atoms with E-state index in [0.29, 0.717) is 13.0 Å². The van der Waals surface area contributed by atoms with Crippen molar-refractivity contribution in [1.29, 1.82) is 0 Å². The highest BCUT2D eigenvalue weighted by Gasteiger charge is 2.02. The van der Waals surface area contributed by atoms with Gasteiger partial charge in [0.1, 0.15) is 0 Å². The molecule has 0 aliphatic rings. The van der Waals surface area contributed by atoms with E-state index < -0.39 is 6.10 Å². The zero-order valence-electron chi connectivity index (χ0n) is 10.1. The van der Waals surface area contributed by atoms with Gasteiger partial charge in [0.05, 0.1) is 6.10 Å². The SMILES string of the molecule is CSc1cccc(NC(=O)NCCC(C)O)c1. The van der Waals surface area contributed by atoms with Gasteiger partial charge in [0.15, 0.2) is 0 Å². The van der Waals surface area contributed by atoms with E-state index in [1.807, 2.05) is 30.5 Å². The molecule has 1 aromatic rings. The average molecular weight is 254 g/mol. The number of urea groups is 1. The Labute approximate surface area is 106 Å². The second kappa shape index (κ2) is 7.19. The molecule has 94 valence electrons. The summed E-state index contributed by atoms with van der Waals surface area (Å²) in [5.74, 6) is 0. The predicted octanol–water partition coefficient (Wildman–Crippen LogP) is 2.30. The van der Waals surface area contributed by atoms with Crippen LogP contribution in [0.5, 0.6) is 0 Å². The Bertz CT molecular complexity index is 369. The van der Waals surface area contributed by atoms with E-state index in [1.165, 1.54) is 0 Å². The van der Waals surface area contributed by atoms with Gasteiger partial charge < -0.3 is 15.7 Å². The van der Waals surface area contributed by atoms with Crippen molar-refractivity contribution in [1.82, 2.24) is 5.32 Å². The Hall–Kier alpha value is -1.20. The van der Waals surface area contributed by atoms with Crippen molar-refractivity contribution in [2.24, 2.45) is 0 Å². The quantitative estimate of drug-likeness (QED) is 0.707. The Morgan fingerprint density at radius 2 is 2.29 bits per heavy atom. The first-order valence-electron chi connectivity index (χ1n) is 5.49. The van der Waals surface area contributed by atoms with Crippen molar-refractivity contribution in [3.63, 3.8) is 0 Å². The van der Waals surface area contributed by atoms with Crippen molar-refractivity contribution < 1.29 is 9.90 Å². The van der Waals surface area contributed by atoms with Crippen LogP contribution < -0.4 is 10.6 Å². The summed E-state index contributed by atoms with van der Waals surface area (Å²) in [4.78, 5) is 12.6. The van der Waals surface area contributed by atoms with E-state index in [0.717, 1.165) is 10.6 Å². The number of nitrogens with one attached hydrogen (secondary N) is 2. The lowest BCUT2D eigenvalue weighted by molar-refractivity contribution is 0.184. The number of rotatable bonds is 5. The molecule has 0 aromatic heterocycles. The van der Waals surface area contributed by atoms with Crippen LogP contribution in [0, 0.1) is 0 Å². The lowest BCUT2D eigenvalue weighted by atomic mass is 10.3. The summed E-state index contributed by atoms with van der Waals surface area (Å²) < 4.78 is 0. The van der Waals surface area contributed by atoms with Crippen LogP contribution >= 0.6 is 11.8 Å². The van der Waals surface area contributed by atoms with Gasteiger partial charge in [-0.25, -0.2) is 4.79 Å². The number of carbonyl (C=O) groups excluding carboxylic acids is 1. The molecule has 5 heteroatoms. The van der Waals surface area contributed by atoms with Gasteiger partial charge in [-0.2, -0.15) is 0 Å². The second-order valence-electron chi connectivity index (χ2n) is 3.75. The molecule has 0 saturated carbocycles. The number of anilines is 1. The summed E-state index contributed by atoms with van der Waals surface area (Å²) in [6.45, 7) is 2.16. The highest BCUT2D eigenvalue weighted by Crippen LogP contribution is 2.18. The molecule has 4 nitrogen and oxygen atoms in total.